The molecular formula is C9H8N2O3. The third-order valence-electron chi connectivity index (χ3n) is 2.22. The first-order chi connectivity index (χ1) is 6.59. The van der Waals surface area contributed by atoms with Crippen LogP contribution in [0.15, 0.2) is 12.3 Å². The van der Waals surface area contributed by atoms with Gasteiger partial charge in [0.1, 0.15) is 5.82 Å². The van der Waals surface area contributed by atoms with Gasteiger partial charge in [0.2, 0.25) is 5.91 Å². The lowest BCUT2D eigenvalue weighted by Gasteiger charge is -2.07. The number of amides is 1. The summed E-state index contributed by atoms with van der Waals surface area (Å²) < 4.78 is 0. The van der Waals surface area contributed by atoms with E-state index < -0.39 is 5.97 Å². The first-order valence-electron chi connectivity index (χ1n) is 4.08. The number of nitrogens with zero attached hydrogens (tertiary/aromatic N) is 2. The van der Waals surface area contributed by atoms with Crippen LogP contribution in [0.2, 0.25) is 0 Å². The SMILES string of the molecule is CN1C(=O)Cc2cc(C(=O)O)cnc21. The van der Waals surface area contributed by atoms with Crippen molar-refractivity contribution in [2.75, 3.05) is 11.9 Å². The Morgan fingerprint density at radius 2 is 2.36 bits per heavy atom. The molecule has 0 fully saturated rings. The van der Waals surface area contributed by atoms with Crippen LogP contribution in [0, 0.1) is 0 Å². The van der Waals surface area contributed by atoms with E-state index in [9.17, 15) is 9.59 Å². The Morgan fingerprint density at radius 3 is 3.00 bits per heavy atom. The van der Waals surface area contributed by atoms with Crippen molar-refractivity contribution in [1.82, 2.24) is 4.98 Å². The first-order valence-corrected chi connectivity index (χ1v) is 4.08. The third kappa shape index (κ3) is 1.14. The van der Waals surface area contributed by atoms with E-state index in [0.29, 0.717) is 11.4 Å². The van der Waals surface area contributed by atoms with Crippen LogP contribution in [0.25, 0.3) is 0 Å². The Kier molecular flexibility index (Phi) is 1.73. The van der Waals surface area contributed by atoms with Crippen molar-refractivity contribution in [2.45, 2.75) is 6.42 Å². The minimum atomic E-state index is -1.03. The van der Waals surface area contributed by atoms with Gasteiger partial charge in [-0.2, -0.15) is 0 Å². The Labute approximate surface area is 80.0 Å². The zero-order chi connectivity index (χ0) is 10.3. The molecule has 0 unspecified atom stereocenters. The molecule has 0 saturated heterocycles. The minimum Gasteiger partial charge on any atom is -0.478 e. The van der Waals surface area contributed by atoms with Crippen molar-refractivity contribution in [3.63, 3.8) is 0 Å². The van der Waals surface area contributed by atoms with Gasteiger partial charge in [-0.15, -0.1) is 0 Å². The lowest BCUT2D eigenvalue weighted by atomic mass is 10.2. The predicted molar refractivity (Wildman–Crippen MR) is 48.3 cm³/mol. The van der Waals surface area contributed by atoms with Gasteiger partial charge in [-0.3, -0.25) is 9.69 Å². The van der Waals surface area contributed by atoms with Gasteiger partial charge >= 0.3 is 5.97 Å². The second-order valence-corrected chi connectivity index (χ2v) is 3.14. The number of pyridine rings is 1. The van der Waals surface area contributed by atoms with Crippen molar-refractivity contribution in [3.05, 3.63) is 23.4 Å². The monoisotopic (exact) mass is 192 g/mol. The van der Waals surface area contributed by atoms with Crippen LogP contribution in [-0.2, 0) is 11.2 Å². The number of hydrogen-bond donors (Lipinski definition) is 1. The number of hydrogen-bond acceptors (Lipinski definition) is 3. The second-order valence-electron chi connectivity index (χ2n) is 3.14. The fourth-order valence-electron chi connectivity index (χ4n) is 1.45. The molecule has 2 heterocycles. The molecule has 5 heteroatoms. The smallest absolute Gasteiger partial charge is 0.337 e. The van der Waals surface area contributed by atoms with E-state index in [-0.39, 0.29) is 17.9 Å². The zero-order valence-electron chi connectivity index (χ0n) is 7.52. The summed E-state index contributed by atoms with van der Waals surface area (Å²) in [5.74, 6) is -0.530. The van der Waals surface area contributed by atoms with E-state index in [1.165, 1.54) is 17.2 Å². The molecule has 0 aromatic carbocycles. The number of carbonyl (C=O) groups excluding carboxylic acids is 1. The maximum Gasteiger partial charge on any atom is 0.337 e. The summed E-state index contributed by atoms with van der Waals surface area (Å²) in [7, 11) is 1.63. The average Bonchev–Trinajstić information content (AvgIpc) is 2.42. The number of aromatic carboxylic acids is 1. The molecule has 1 N–H and O–H groups in total. The summed E-state index contributed by atoms with van der Waals surface area (Å²) in [5, 5.41) is 8.71. The highest BCUT2D eigenvalue weighted by Crippen LogP contribution is 2.25. The van der Waals surface area contributed by atoms with E-state index in [1.54, 1.807) is 7.05 Å². The number of likely N-dealkylation sites (N-methyl/N-ethyl adjacent to an activating group) is 1. The van der Waals surface area contributed by atoms with Gasteiger partial charge in [-0.25, -0.2) is 9.78 Å². The van der Waals surface area contributed by atoms with Crippen LogP contribution in [0.3, 0.4) is 0 Å². The van der Waals surface area contributed by atoms with Gasteiger partial charge < -0.3 is 5.11 Å². The summed E-state index contributed by atoms with van der Waals surface area (Å²) in [5.41, 5.74) is 0.796. The van der Waals surface area contributed by atoms with Crippen molar-refractivity contribution >= 4 is 17.7 Å². The molecule has 14 heavy (non-hydrogen) atoms. The number of carboxylic acid groups (broad SMARTS) is 1. The fraction of sp³-hybridized carbons (Fsp3) is 0.222. The maximum absolute atomic E-state index is 11.3. The number of carboxylic acids is 1. The summed E-state index contributed by atoms with van der Waals surface area (Å²) >= 11 is 0. The first kappa shape index (κ1) is 8.68. The molecular weight excluding hydrogens is 184 g/mol. The van der Waals surface area contributed by atoms with E-state index in [2.05, 4.69) is 4.98 Å². The molecule has 1 aromatic rings. The lowest BCUT2D eigenvalue weighted by Crippen LogP contribution is -2.21. The summed E-state index contributed by atoms with van der Waals surface area (Å²) in [4.78, 5) is 27.2. The largest absolute Gasteiger partial charge is 0.478 e. The molecule has 72 valence electrons. The normalized spacial score (nSPS) is 14.4. The molecule has 0 bridgehead atoms. The Balaban J connectivity index is 2.49. The number of fused-ring (bicyclic) bond motifs is 1. The summed E-state index contributed by atoms with van der Waals surface area (Å²) in [6.07, 6.45) is 1.50. The van der Waals surface area contributed by atoms with E-state index >= 15 is 0 Å². The van der Waals surface area contributed by atoms with Crippen molar-refractivity contribution in [3.8, 4) is 0 Å². The number of rotatable bonds is 1. The second kappa shape index (κ2) is 2.80. The van der Waals surface area contributed by atoms with E-state index in [1.807, 2.05) is 0 Å². The lowest BCUT2D eigenvalue weighted by molar-refractivity contribution is -0.117. The molecule has 1 aliphatic rings. The van der Waals surface area contributed by atoms with Crippen LogP contribution in [0.5, 0.6) is 0 Å². The van der Waals surface area contributed by atoms with E-state index in [0.717, 1.165) is 0 Å². The van der Waals surface area contributed by atoms with Gasteiger partial charge in [0.05, 0.1) is 12.0 Å². The minimum absolute atomic E-state index is 0.0601. The van der Waals surface area contributed by atoms with E-state index in [4.69, 9.17) is 5.11 Å². The fourth-order valence-corrected chi connectivity index (χ4v) is 1.45. The Hall–Kier alpha value is -1.91. The number of anilines is 1. The molecule has 5 nitrogen and oxygen atoms in total. The number of aromatic nitrogens is 1. The van der Waals surface area contributed by atoms with Crippen molar-refractivity contribution < 1.29 is 14.7 Å². The topological polar surface area (TPSA) is 70.5 Å². The molecule has 1 aromatic heterocycles. The maximum atomic E-state index is 11.3. The Bertz CT molecular complexity index is 428. The van der Waals surface area contributed by atoms with Crippen LogP contribution < -0.4 is 4.90 Å². The van der Waals surface area contributed by atoms with Crippen LogP contribution in [0.1, 0.15) is 15.9 Å². The van der Waals surface area contributed by atoms with Crippen LogP contribution in [-0.4, -0.2) is 29.0 Å². The van der Waals surface area contributed by atoms with Crippen LogP contribution in [0.4, 0.5) is 5.82 Å². The highest BCUT2D eigenvalue weighted by atomic mass is 16.4. The highest BCUT2D eigenvalue weighted by molar-refractivity contribution is 6.00. The molecule has 0 atom stereocenters. The van der Waals surface area contributed by atoms with Gasteiger partial charge in [0.25, 0.3) is 0 Å². The standard InChI is InChI=1S/C9H8N2O3/c1-11-7(12)3-5-2-6(9(13)14)4-10-8(5)11/h2,4H,3H2,1H3,(H,13,14). The quantitative estimate of drug-likeness (QED) is 0.694. The molecule has 0 spiro atoms. The highest BCUT2D eigenvalue weighted by Gasteiger charge is 2.26. The van der Waals surface area contributed by atoms with Crippen LogP contribution >= 0.6 is 0 Å². The van der Waals surface area contributed by atoms with Crippen molar-refractivity contribution in [1.29, 1.82) is 0 Å². The van der Waals surface area contributed by atoms with Gasteiger partial charge in [0.15, 0.2) is 0 Å². The predicted octanol–water partition coefficient (Wildman–Crippen LogP) is 0.299. The van der Waals surface area contributed by atoms with Crippen molar-refractivity contribution in [2.24, 2.45) is 0 Å². The zero-order valence-corrected chi connectivity index (χ0v) is 7.52. The van der Waals surface area contributed by atoms with Gasteiger partial charge in [-0.1, -0.05) is 0 Å². The average molecular weight is 192 g/mol. The molecule has 2 rings (SSSR count). The third-order valence-corrected chi connectivity index (χ3v) is 2.22. The van der Waals surface area contributed by atoms with Gasteiger partial charge in [-0.05, 0) is 6.07 Å². The summed E-state index contributed by atoms with van der Waals surface area (Å²) in [6, 6.07) is 1.49. The van der Waals surface area contributed by atoms with Gasteiger partial charge in [0, 0.05) is 18.8 Å². The molecule has 0 radical (unpaired) electrons. The summed E-state index contributed by atoms with van der Waals surface area (Å²) in [6.45, 7) is 0. The number of carbonyl (C=O) groups is 2. The molecule has 0 saturated carbocycles. The Morgan fingerprint density at radius 1 is 1.64 bits per heavy atom. The molecule has 0 aliphatic carbocycles. The molecule has 1 aliphatic heterocycles. The molecule has 1 amide bonds.